The minimum Gasteiger partial charge on any atom is -0.302 e. The van der Waals surface area contributed by atoms with Gasteiger partial charge in [0.1, 0.15) is 0 Å². The highest BCUT2D eigenvalue weighted by Gasteiger charge is 1.98. The van der Waals surface area contributed by atoms with Crippen LogP contribution in [0.2, 0.25) is 0 Å². The molecule has 1 radical (unpaired) electrons. The number of hydrogen-bond donors (Lipinski definition) is 0. The molecule has 0 aliphatic carbocycles. The fraction of sp³-hybridized carbons (Fsp3) is 0.364. The number of nitrogens with zero attached hydrogens (tertiary/aromatic N) is 1. The molecule has 0 unspecified atom stereocenters. The van der Waals surface area contributed by atoms with Gasteiger partial charge in [-0.1, -0.05) is 30.3 Å². The highest BCUT2D eigenvalue weighted by atomic mass is 16.1. The van der Waals surface area contributed by atoms with Crippen LogP contribution in [0.5, 0.6) is 0 Å². The maximum atomic E-state index is 10.0. The predicted molar refractivity (Wildman–Crippen MR) is 53.1 cm³/mol. The van der Waals surface area contributed by atoms with Crippen LogP contribution in [-0.2, 0) is 11.3 Å². The summed E-state index contributed by atoms with van der Waals surface area (Å²) in [5, 5.41) is 0. The van der Waals surface area contributed by atoms with Gasteiger partial charge in [0.2, 0.25) is 0 Å². The van der Waals surface area contributed by atoms with E-state index in [2.05, 4.69) is 17.0 Å². The van der Waals surface area contributed by atoms with Gasteiger partial charge in [0, 0.05) is 19.5 Å². The van der Waals surface area contributed by atoms with Gasteiger partial charge in [0.25, 0.3) is 0 Å². The molecule has 0 amide bonds. The molecular weight excluding hydrogens is 162 g/mol. The highest BCUT2D eigenvalue weighted by molar-refractivity contribution is 5.50. The maximum Gasteiger partial charge on any atom is 0.199 e. The minimum absolute atomic E-state index is 0.489. The highest BCUT2D eigenvalue weighted by Crippen LogP contribution is 2.02. The first-order valence-corrected chi connectivity index (χ1v) is 4.40. The van der Waals surface area contributed by atoms with Crippen molar-refractivity contribution in [2.45, 2.75) is 13.0 Å². The van der Waals surface area contributed by atoms with E-state index in [0.29, 0.717) is 6.42 Å². The molecule has 1 aromatic rings. The number of carbonyl (C=O) groups excluding carboxylic acids is 1. The van der Waals surface area contributed by atoms with E-state index < -0.39 is 0 Å². The third-order valence-corrected chi connectivity index (χ3v) is 1.89. The van der Waals surface area contributed by atoms with Crippen molar-refractivity contribution in [3.8, 4) is 0 Å². The molecule has 2 heteroatoms. The summed E-state index contributed by atoms with van der Waals surface area (Å²) in [7, 11) is 2.00. The van der Waals surface area contributed by atoms with Crippen LogP contribution in [0.4, 0.5) is 0 Å². The SMILES string of the molecule is CN(CC[C]=O)Cc1ccccc1. The van der Waals surface area contributed by atoms with Gasteiger partial charge < -0.3 is 4.90 Å². The van der Waals surface area contributed by atoms with Gasteiger partial charge in [-0.05, 0) is 12.6 Å². The van der Waals surface area contributed by atoms with E-state index in [-0.39, 0.29) is 0 Å². The van der Waals surface area contributed by atoms with Crippen LogP contribution >= 0.6 is 0 Å². The third-order valence-electron chi connectivity index (χ3n) is 1.89. The minimum atomic E-state index is 0.489. The number of benzene rings is 1. The predicted octanol–water partition coefficient (Wildman–Crippen LogP) is 1.62. The number of rotatable bonds is 5. The molecule has 0 bridgehead atoms. The normalized spacial score (nSPS) is 10.3. The van der Waals surface area contributed by atoms with E-state index in [0.717, 1.165) is 13.1 Å². The lowest BCUT2D eigenvalue weighted by atomic mass is 10.2. The molecule has 1 aromatic carbocycles. The van der Waals surface area contributed by atoms with Crippen molar-refractivity contribution in [2.75, 3.05) is 13.6 Å². The van der Waals surface area contributed by atoms with E-state index in [1.807, 2.05) is 31.5 Å². The first kappa shape index (κ1) is 9.93. The zero-order valence-electron chi connectivity index (χ0n) is 7.86. The van der Waals surface area contributed by atoms with E-state index in [1.54, 1.807) is 0 Å². The average Bonchev–Trinajstić information content (AvgIpc) is 2.16. The lowest BCUT2D eigenvalue weighted by Gasteiger charge is -2.14. The molecule has 0 heterocycles. The van der Waals surface area contributed by atoms with Gasteiger partial charge in [-0.2, -0.15) is 0 Å². The summed E-state index contributed by atoms with van der Waals surface area (Å²) < 4.78 is 0. The Morgan fingerprint density at radius 1 is 1.31 bits per heavy atom. The van der Waals surface area contributed by atoms with E-state index in [9.17, 15) is 4.79 Å². The average molecular weight is 176 g/mol. The quantitative estimate of drug-likeness (QED) is 0.679. The fourth-order valence-electron chi connectivity index (χ4n) is 1.21. The van der Waals surface area contributed by atoms with E-state index >= 15 is 0 Å². The van der Waals surface area contributed by atoms with Crippen LogP contribution in [0.25, 0.3) is 0 Å². The van der Waals surface area contributed by atoms with Crippen LogP contribution < -0.4 is 0 Å². The Morgan fingerprint density at radius 2 is 2.00 bits per heavy atom. The summed E-state index contributed by atoms with van der Waals surface area (Å²) in [6.45, 7) is 1.67. The lowest BCUT2D eigenvalue weighted by Crippen LogP contribution is -2.19. The molecule has 13 heavy (non-hydrogen) atoms. The first-order valence-electron chi connectivity index (χ1n) is 4.40. The van der Waals surface area contributed by atoms with Crippen molar-refractivity contribution >= 4 is 6.29 Å². The van der Waals surface area contributed by atoms with Crippen LogP contribution in [0.1, 0.15) is 12.0 Å². The smallest absolute Gasteiger partial charge is 0.199 e. The molecule has 0 atom stereocenters. The Balaban J connectivity index is 2.36. The van der Waals surface area contributed by atoms with Crippen LogP contribution in [0.15, 0.2) is 30.3 Å². The van der Waals surface area contributed by atoms with Crippen molar-refractivity contribution in [3.05, 3.63) is 35.9 Å². The van der Waals surface area contributed by atoms with Crippen LogP contribution in [-0.4, -0.2) is 24.8 Å². The summed E-state index contributed by atoms with van der Waals surface area (Å²) in [6.07, 6.45) is 2.38. The van der Waals surface area contributed by atoms with Gasteiger partial charge in [0.05, 0.1) is 0 Å². The summed E-state index contributed by atoms with van der Waals surface area (Å²) in [6, 6.07) is 10.2. The molecule has 0 aliphatic heterocycles. The Bertz CT molecular complexity index is 246. The van der Waals surface area contributed by atoms with Gasteiger partial charge in [-0.25, -0.2) is 0 Å². The standard InChI is InChI=1S/C11H14NO/c1-12(8-5-9-13)10-11-6-3-2-4-7-11/h2-4,6-7H,5,8,10H2,1H3. The molecule has 69 valence electrons. The Hall–Kier alpha value is -1.15. The van der Waals surface area contributed by atoms with Crippen LogP contribution in [0, 0.1) is 0 Å². The molecule has 0 aromatic heterocycles. The topological polar surface area (TPSA) is 20.3 Å². The van der Waals surface area contributed by atoms with E-state index in [4.69, 9.17) is 0 Å². The molecule has 2 nitrogen and oxygen atoms in total. The van der Waals surface area contributed by atoms with Gasteiger partial charge in [-0.15, -0.1) is 0 Å². The summed E-state index contributed by atoms with van der Waals surface area (Å²) in [5.41, 5.74) is 1.27. The second kappa shape index (κ2) is 5.49. The van der Waals surface area contributed by atoms with E-state index in [1.165, 1.54) is 5.56 Å². The van der Waals surface area contributed by atoms with Gasteiger partial charge in [-0.3, -0.25) is 4.79 Å². The fourth-order valence-corrected chi connectivity index (χ4v) is 1.21. The maximum absolute atomic E-state index is 10.0. The van der Waals surface area contributed by atoms with Gasteiger partial charge >= 0.3 is 0 Å². The van der Waals surface area contributed by atoms with Crippen LogP contribution in [0.3, 0.4) is 0 Å². The molecule has 1 rings (SSSR count). The summed E-state index contributed by atoms with van der Waals surface area (Å²) in [4.78, 5) is 12.1. The molecule has 0 aliphatic rings. The van der Waals surface area contributed by atoms with Crippen molar-refractivity contribution in [1.29, 1.82) is 0 Å². The second-order valence-corrected chi connectivity index (χ2v) is 3.12. The van der Waals surface area contributed by atoms with Crippen molar-refractivity contribution in [3.63, 3.8) is 0 Å². The third kappa shape index (κ3) is 3.85. The molecule has 0 fully saturated rings. The number of hydrogen-bond acceptors (Lipinski definition) is 2. The van der Waals surface area contributed by atoms with Crippen molar-refractivity contribution in [2.24, 2.45) is 0 Å². The Morgan fingerprint density at radius 3 is 2.62 bits per heavy atom. The summed E-state index contributed by atoms with van der Waals surface area (Å²) in [5.74, 6) is 0. The lowest BCUT2D eigenvalue weighted by molar-refractivity contribution is 0.334. The zero-order valence-corrected chi connectivity index (χ0v) is 7.86. The molecule has 0 saturated heterocycles. The molecule has 0 N–H and O–H groups in total. The molecule has 0 saturated carbocycles. The zero-order chi connectivity index (χ0) is 9.52. The Kier molecular flexibility index (Phi) is 4.19. The summed E-state index contributed by atoms with van der Waals surface area (Å²) >= 11 is 0. The Labute approximate surface area is 79.2 Å². The van der Waals surface area contributed by atoms with Crippen molar-refractivity contribution in [1.82, 2.24) is 4.90 Å². The second-order valence-electron chi connectivity index (χ2n) is 3.12. The van der Waals surface area contributed by atoms with Gasteiger partial charge in [0.15, 0.2) is 6.29 Å². The van der Waals surface area contributed by atoms with Crippen molar-refractivity contribution < 1.29 is 4.79 Å². The largest absolute Gasteiger partial charge is 0.302 e. The monoisotopic (exact) mass is 176 g/mol. The molecule has 0 spiro atoms. The first-order chi connectivity index (χ1) is 6.33. The molecular formula is C11H14NO.